The quantitative estimate of drug-likeness (QED) is 0.546. The number of fused-ring (bicyclic) bond motifs is 1. The van der Waals surface area contributed by atoms with Gasteiger partial charge in [0.1, 0.15) is 11.8 Å². The molecule has 2 aromatic carbocycles. The van der Waals surface area contributed by atoms with Crippen LogP contribution in [0.5, 0.6) is 0 Å². The van der Waals surface area contributed by atoms with E-state index < -0.39 is 5.91 Å². The van der Waals surface area contributed by atoms with Gasteiger partial charge >= 0.3 is 0 Å². The second kappa shape index (κ2) is 7.17. The van der Waals surface area contributed by atoms with Crippen LogP contribution in [0, 0.1) is 0 Å². The lowest BCUT2D eigenvalue weighted by atomic mass is 10.1. The van der Waals surface area contributed by atoms with Crippen molar-refractivity contribution in [3.63, 3.8) is 0 Å². The lowest BCUT2D eigenvalue weighted by Gasteiger charge is -2.12. The molecule has 0 saturated carbocycles. The van der Waals surface area contributed by atoms with Crippen molar-refractivity contribution >= 4 is 55.9 Å². The average molecular weight is 442 g/mol. The Morgan fingerprint density at radius 3 is 2.56 bits per heavy atom. The molecule has 27 heavy (non-hydrogen) atoms. The molecule has 1 saturated heterocycles. The maximum absolute atomic E-state index is 12.6. The van der Waals surface area contributed by atoms with E-state index in [1.54, 1.807) is 24.3 Å². The summed E-state index contributed by atoms with van der Waals surface area (Å²) in [5, 5.41) is 0.0692. The fourth-order valence-electron chi connectivity index (χ4n) is 2.74. The monoisotopic (exact) mass is 441 g/mol. The average Bonchev–Trinajstić information content (AvgIpc) is 2.93. The minimum Gasteiger partial charge on any atom is -0.463 e. The molecule has 0 atom stereocenters. The summed E-state index contributed by atoms with van der Waals surface area (Å²) in [7, 11) is 0. The molecule has 0 bridgehead atoms. The third-order valence-electron chi connectivity index (χ3n) is 4.12. The number of imide groups is 1. The van der Waals surface area contributed by atoms with Crippen molar-refractivity contribution < 1.29 is 14.0 Å². The Hall–Kier alpha value is -2.64. The minimum absolute atomic E-state index is 0.182. The third kappa shape index (κ3) is 3.48. The van der Waals surface area contributed by atoms with Gasteiger partial charge in [0.2, 0.25) is 0 Å². The molecule has 1 fully saturated rings. The molecule has 0 spiro atoms. The maximum Gasteiger partial charge on any atom is 0.293 e. The van der Waals surface area contributed by atoms with E-state index in [9.17, 15) is 14.4 Å². The van der Waals surface area contributed by atoms with Gasteiger partial charge in [-0.2, -0.15) is 0 Å². The summed E-state index contributed by atoms with van der Waals surface area (Å²) < 4.78 is 6.38. The first-order valence-corrected chi connectivity index (χ1v) is 9.64. The van der Waals surface area contributed by atoms with E-state index in [1.165, 1.54) is 17.2 Å². The zero-order valence-corrected chi connectivity index (χ0v) is 16.2. The fourth-order valence-corrected chi connectivity index (χ4v) is 3.84. The van der Waals surface area contributed by atoms with E-state index in [0.717, 1.165) is 21.8 Å². The molecule has 4 rings (SSSR count). The number of benzene rings is 2. The van der Waals surface area contributed by atoms with Gasteiger partial charge < -0.3 is 4.42 Å². The van der Waals surface area contributed by atoms with Crippen LogP contribution in [0.1, 0.15) is 11.1 Å². The first-order chi connectivity index (χ1) is 13.0. The number of thioether (sulfide) groups is 1. The van der Waals surface area contributed by atoms with Crippen LogP contribution in [0.25, 0.3) is 17.0 Å². The van der Waals surface area contributed by atoms with Crippen molar-refractivity contribution in [1.82, 2.24) is 4.90 Å². The molecule has 134 valence electrons. The van der Waals surface area contributed by atoms with E-state index in [-0.39, 0.29) is 27.7 Å². The fraction of sp³-hybridized carbons (Fsp3) is 0.0500. The molecule has 2 heterocycles. The number of amides is 2. The Bertz CT molecular complexity index is 1150. The topological polar surface area (TPSA) is 67.6 Å². The number of halogens is 1. The number of rotatable bonds is 3. The molecule has 1 aromatic heterocycles. The Balaban J connectivity index is 1.64. The minimum atomic E-state index is -0.416. The van der Waals surface area contributed by atoms with Crippen LogP contribution in [0.3, 0.4) is 0 Å². The van der Waals surface area contributed by atoms with Crippen LogP contribution in [-0.4, -0.2) is 16.0 Å². The Morgan fingerprint density at radius 1 is 1.04 bits per heavy atom. The second-order valence-electron chi connectivity index (χ2n) is 5.91. The van der Waals surface area contributed by atoms with Gasteiger partial charge in [0.25, 0.3) is 11.1 Å². The van der Waals surface area contributed by atoms with Gasteiger partial charge in [-0.15, -0.1) is 0 Å². The van der Waals surface area contributed by atoms with Gasteiger partial charge in [-0.05, 0) is 47.7 Å². The molecule has 5 nitrogen and oxygen atoms in total. The second-order valence-corrected chi connectivity index (χ2v) is 7.82. The highest BCUT2D eigenvalue weighted by Crippen LogP contribution is 2.33. The van der Waals surface area contributed by atoms with Crippen LogP contribution < -0.4 is 5.43 Å². The molecule has 0 unspecified atom stereocenters. The highest BCUT2D eigenvalue weighted by molar-refractivity contribution is 9.10. The standard InChI is InChI=1S/C20H12BrNO4S/c21-14-7-5-12(6-8-14)10-22-19(24)17(27-20(22)25)9-13-11-26-16-4-2-1-3-15(16)18(13)23/h1-9,11H,10H2. The van der Waals surface area contributed by atoms with E-state index >= 15 is 0 Å². The SMILES string of the molecule is O=C1SC(=Cc2coc3ccccc3c2=O)C(=O)N1Cc1ccc(Br)cc1. The molecule has 1 aliphatic rings. The summed E-state index contributed by atoms with van der Waals surface area (Å²) in [6.07, 6.45) is 2.73. The van der Waals surface area contributed by atoms with Crippen LogP contribution in [0.4, 0.5) is 4.79 Å². The number of carbonyl (C=O) groups is 2. The molecular weight excluding hydrogens is 430 g/mol. The number of carbonyl (C=O) groups excluding carboxylic acids is 2. The van der Waals surface area contributed by atoms with Crippen molar-refractivity contribution in [2.24, 2.45) is 0 Å². The molecule has 0 N–H and O–H groups in total. The molecule has 1 aliphatic heterocycles. The van der Waals surface area contributed by atoms with Crippen LogP contribution in [0.15, 0.2) is 73.4 Å². The third-order valence-corrected chi connectivity index (χ3v) is 5.56. The van der Waals surface area contributed by atoms with E-state index in [4.69, 9.17) is 4.42 Å². The molecule has 0 radical (unpaired) electrons. The van der Waals surface area contributed by atoms with E-state index in [2.05, 4.69) is 15.9 Å². The zero-order chi connectivity index (χ0) is 19.0. The van der Waals surface area contributed by atoms with E-state index in [1.807, 2.05) is 24.3 Å². The molecule has 0 aliphatic carbocycles. The van der Waals surface area contributed by atoms with Gasteiger partial charge in [-0.3, -0.25) is 19.3 Å². The van der Waals surface area contributed by atoms with Crippen molar-refractivity contribution in [2.45, 2.75) is 6.54 Å². The number of nitrogens with zero attached hydrogens (tertiary/aromatic N) is 1. The molecule has 2 amide bonds. The summed E-state index contributed by atoms with van der Waals surface area (Å²) in [5.74, 6) is -0.416. The van der Waals surface area contributed by atoms with Gasteiger partial charge in [-0.1, -0.05) is 40.2 Å². The van der Waals surface area contributed by atoms with Gasteiger partial charge in [0.05, 0.1) is 22.4 Å². The van der Waals surface area contributed by atoms with Crippen molar-refractivity contribution in [2.75, 3.05) is 0 Å². The van der Waals surface area contributed by atoms with Crippen molar-refractivity contribution in [3.8, 4) is 0 Å². The lowest BCUT2D eigenvalue weighted by molar-refractivity contribution is -0.123. The first kappa shape index (κ1) is 17.8. The van der Waals surface area contributed by atoms with Crippen LogP contribution in [0.2, 0.25) is 0 Å². The first-order valence-electron chi connectivity index (χ1n) is 8.03. The highest BCUT2D eigenvalue weighted by Gasteiger charge is 2.35. The predicted octanol–water partition coefficient (Wildman–Crippen LogP) is 4.79. The largest absolute Gasteiger partial charge is 0.463 e. The number of para-hydroxylation sites is 1. The molecular formula is C20H12BrNO4S. The molecule has 7 heteroatoms. The predicted molar refractivity (Wildman–Crippen MR) is 108 cm³/mol. The Kier molecular flexibility index (Phi) is 4.72. The summed E-state index contributed by atoms with van der Waals surface area (Å²) in [4.78, 5) is 38.9. The zero-order valence-electron chi connectivity index (χ0n) is 13.8. The van der Waals surface area contributed by atoms with Crippen LogP contribution in [-0.2, 0) is 11.3 Å². The van der Waals surface area contributed by atoms with Gasteiger partial charge in [-0.25, -0.2) is 0 Å². The summed E-state index contributed by atoms with van der Waals surface area (Å²) >= 11 is 4.18. The molecule has 3 aromatic rings. The van der Waals surface area contributed by atoms with E-state index in [0.29, 0.717) is 11.0 Å². The number of hydrogen-bond acceptors (Lipinski definition) is 5. The van der Waals surface area contributed by atoms with Crippen molar-refractivity contribution in [3.05, 3.63) is 85.5 Å². The highest BCUT2D eigenvalue weighted by atomic mass is 79.9. The van der Waals surface area contributed by atoms with Crippen LogP contribution >= 0.6 is 27.7 Å². The summed E-state index contributed by atoms with van der Waals surface area (Å²) in [6.45, 7) is 0.182. The Morgan fingerprint density at radius 2 is 1.78 bits per heavy atom. The van der Waals surface area contributed by atoms with Crippen molar-refractivity contribution in [1.29, 1.82) is 0 Å². The Labute approximate surface area is 166 Å². The van der Waals surface area contributed by atoms with Gasteiger partial charge in [0, 0.05) is 4.47 Å². The number of hydrogen-bond donors (Lipinski definition) is 0. The normalized spacial score (nSPS) is 15.9. The maximum atomic E-state index is 12.6. The summed E-state index contributed by atoms with van der Waals surface area (Å²) in [6, 6.07) is 14.3. The lowest BCUT2D eigenvalue weighted by Crippen LogP contribution is -2.27. The van der Waals surface area contributed by atoms with Gasteiger partial charge in [0.15, 0.2) is 5.43 Å². The smallest absolute Gasteiger partial charge is 0.293 e. The summed E-state index contributed by atoms with van der Waals surface area (Å²) in [5.41, 5.74) is 1.31.